The Bertz CT molecular complexity index is 724. The van der Waals surface area contributed by atoms with E-state index >= 15 is 0 Å². The fourth-order valence-electron chi connectivity index (χ4n) is 9.10. The van der Waals surface area contributed by atoms with Gasteiger partial charge in [0.25, 0.3) is 0 Å². The summed E-state index contributed by atoms with van der Waals surface area (Å²) in [6.07, 6.45) is 8.03. The van der Waals surface area contributed by atoms with Gasteiger partial charge in [0, 0.05) is 19.4 Å². The molecule has 4 rings (SSSR count). The number of carbonyl (C=O) groups is 2. The summed E-state index contributed by atoms with van der Waals surface area (Å²) in [5, 5.41) is 14.4. The number of carbonyl (C=O) groups excluding carboxylic acids is 2. The van der Waals surface area contributed by atoms with Gasteiger partial charge in [-0.25, -0.2) is 0 Å². The molecule has 0 aromatic carbocycles. The minimum Gasteiger partial charge on any atom is -0.466 e. The van der Waals surface area contributed by atoms with Crippen molar-refractivity contribution in [3.05, 3.63) is 0 Å². The van der Waals surface area contributed by atoms with E-state index < -0.39 is 5.41 Å². The van der Waals surface area contributed by atoms with Gasteiger partial charge in [-0.15, -0.1) is 0 Å². The smallest absolute Gasteiger partial charge is 0.312 e. The van der Waals surface area contributed by atoms with Crippen molar-refractivity contribution in [3.63, 3.8) is 0 Å². The average molecular weight is 420 g/mol. The van der Waals surface area contributed by atoms with Gasteiger partial charge in [-0.3, -0.25) is 9.59 Å². The summed E-state index contributed by atoms with van der Waals surface area (Å²) in [4.78, 5) is 24.8. The molecule has 0 unspecified atom stereocenters. The summed E-state index contributed by atoms with van der Waals surface area (Å²) in [6, 6.07) is 0. The van der Waals surface area contributed by atoms with Gasteiger partial charge < -0.3 is 15.2 Å². The van der Waals surface area contributed by atoms with Crippen LogP contribution in [0.15, 0.2) is 0 Å². The first kappa shape index (κ1) is 22.1. The number of amides is 1. The van der Waals surface area contributed by atoms with E-state index in [2.05, 4.69) is 26.1 Å². The molecule has 0 radical (unpaired) electrons. The van der Waals surface area contributed by atoms with E-state index in [1.165, 1.54) is 0 Å². The fourth-order valence-corrected chi connectivity index (χ4v) is 9.10. The molecule has 5 heteroatoms. The Morgan fingerprint density at radius 3 is 2.43 bits per heavy atom. The lowest BCUT2D eigenvalue weighted by Crippen LogP contribution is -2.60. The summed E-state index contributed by atoms with van der Waals surface area (Å²) < 4.78 is 5.57. The van der Waals surface area contributed by atoms with Crippen molar-refractivity contribution >= 4 is 11.9 Å². The number of aliphatic hydroxyl groups is 1. The van der Waals surface area contributed by atoms with Gasteiger partial charge in [0.15, 0.2) is 0 Å². The lowest BCUT2D eigenvalue weighted by Gasteiger charge is -2.65. The predicted molar refractivity (Wildman–Crippen MR) is 115 cm³/mol. The van der Waals surface area contributed by atoms with Crippen LogP contribution in [0.2, 0.25) is 0 Å². The van der Waals surface area contributed by atoms with Crippen LogP contribution >= 0.6 is 0 Å². The molecule has 0 heterocycles. The molecule has 0 saturated heterocycles. The second-order valence-corrected chi connectivity index (χ2v) is 11.7. The van der Waals surface area contributed by atoms with E-state index in [-0.39, 0.29) is 40.1 Å². The van der Waals surface area contributed by atoms with E-state index in [1.807, 2.05) is 6.92 Å². The largest absolute Gasteiger partial charge is 0.466 e. The maximum absolute atomic E-state index is 13.1. The SMILES string of the molecule is CCOC(=O)[C@]1(C)CCC[C@@]2(C)[C@@H]3CC[C@@]4(C)C[C@]3(CC[C@@H]21)[C@H](CNC(C)=O)[C@H]4O. The molecule has 8 atom stereocenters. The van der Waals surface area contributed by atoms with E-state index in [0.29, 0.717) is 25.0 Å². The minimum absolute atomic E-state index is 0.0150. The molecular weight excluding hydrogens is 378 g/mol. The van der Waals surface area contributed by atoms with Crippen LogP contribution in [-0.2, 0) is 14.3 Å². The topological polar surface area (TPSA) is 75.6 Å². The van der Waals surface area contributed by atoms with Crippen molar-refractivity contribution < 1.29 is 19.4 Å². The number of hydrogen-bond donors (Lipinski definition) is 2. The molecule has 2 N–H and O–H groups in total. The van der Waals surface area contributed by atoms with Crippen LogP contribution in [0.25, 0.3) is 0 Å². The van der Waals surface area contributed by atoms with Crippen molar-refractivity contribution in [1.29, 1.82) is 0 Å². The normalized spacial score (nSPS) is 49.7. The van der Waals surface area contributed by atoms with Crippen molar-refractivity contribution in [2.24, 2.45) is 39.4 Å². The highest BCUT2D eigenvalue weighted by molar-refractivity contribution is 5.77. The number of fused-ring (bicyclic) bond motifs is 3. The predicted octanol–water partition coefficient (Wildman–Crippen LogP) is 4.08. The third kappa shape index (κ3) is 2.90. The Hall–Kier alpha value is -1.10. The highest BCUT2D eigenvalue weighted by Crippen LogP contribution is 2.75. The molecule has 4 aliphatic rings. The number of hydrogen-bond acceptors (Lipinski definition) is 4. The van der Waals surface area contributed by atoms with Crippen LogP contribution in [0.1, 0.15) is 86.0 Å². The summed E-state index contributed by atoms with van der Waals surface area (Å²) in [5.74, 6) is 0.888. The summed E-state index contributed by atoms with van der Waals surface area (Å²) >= 11 is 0. The molecule has 4 saturated carbocycles. The maximum Gasteiger partial charge on any atom is 0.312 e. The van der Waals surface area contributed by atoms with Gasteiger partial charge in [0.1, 0.15) is 0 Å². The Kier molecular flexibility index (Phi) is 5.32. The number of esters is 1. The van der Waals surface area contributed by atoms with Crippen LogP contribution in [-0.4, -0.2) is 36.2 Å². The quantitative estimate of drug-likeness (QED) is 0.674. The third-order valence-corrected chi connectivity index (χ3v) is 10.2. The van der Waals surface area contributed by atoms with E-state index in [1.54, 1.807) is 6.92 Å². The molecule has 170 valence electrons. The van der Waals surface area contributed by atoms with Gasteiger partial charge >= 0.3 is 5.97 Å². The van der Waals surface area contributed by atoms with Crippen LogP contribution in [0, 0.1) is 39.4 Å². The zero-order chi connectivity index (χ0) is 21.9. The second kappa shape index (κ2) is 7.21. The Labute approximate surface area is 181 Å². The van der Waals surface area contributed by atoms with Crippen molar-refractivity contribution in [2.75, 3.05) is 13.2 Å². The molecule has 30 heavy (non-hydrogen) atoms. The molecule has 4 aliphatic carbocycles. The Morgan fingerprint density at radius 1 is 1.07 bits per heavy atom. The first-order valence-corrected chi connectivity index (χ1v) is 12.1. The zero-order valence-corrected chi connectivity index (χ0v) is 19.6. The van der Waals surface area contributed by atoms with Gasteiger partial charge in [-0.1, -0.05) is 20.3 Å². The molecule has 0 aromatic rings. The molecule has 2 bridgehead atoms. The van der Waals surface area contributed by atoms with Crippen LogP contribution < -0.4 is 5.32 Å². The van der Waals surface area contributed by atoms with Gasteiger partial charge in [0.2, 0.25) is 5.91 Å². The first-order valence-electron chi connectivity index (χ1n) is 12.1. The molecular formula is C25H41NO4. The molecule has 1 spiro atoms. The van der Waals surface area contributed by atoms with Gasteiger partial charge in [-0.2, -0.15) is 0 Å². The van der Waals surface area contributed by atoms with Crippen molar-refractivity contribution in [1.82, 2.24) is 5.32 Å². The molecule has 0 aliphatic heterocycles. The number of rotatable bonds is 4. The van der Waals surface area contributed by atoms with Gasteiger partial charge in [0.05, 0.1) is 18.1 Å². The molecule has 4 fully saturated rings. The highest BCUT2D eigenvalue weighted by Gasteiger charge is 2.71. The third-order valence-electron chi connectivity index (χ3n) is 10.2. The summed E-state index contributed by atoms with van der Waals surface area (Å²) in [7, 11) is 0. The average Bonchev–Trinajstić information content (AvgIpc) is 2.81. The van der Waals surface area contributed by atoms with E-state index in [0.717, 1.165) is 51.4 Å². The number of ether oxygens (including phenoxy) is 1. The molecule has 5 nitrogen and oxygen atoms in total. The standard InChI is InChI=1S/C25H41NO4/c1-6-30-21(29)24(5)11-7-10-23(4)18(24)9-13-25-15-22(3,12-8-19(23)25)20(28)17(25)14-26-16(2)27/h17-20,28H,6-15H2,1-5H3,(H,26,27)/t17-,18+,19+,20-,22+,23-,24-,25-/m1/s1. The van der Waals surface area contributed by atoms with Gasteiger partial charge in [-0.05, 0) is 86.9 Å². The first-order chi connectivity index (χ1) is 14.0. The monoisotopic (exact) mass is 419 g/mol. The van der Waals surface area contributed by atoms with E-state index in [9.17, 15) is 14.7 Å². The summed E-state index contributed by atoms with van der Waals surface area (Å²) in [5.41, 5.74) is -0.317. The summed E-state index contributed by atoms with van der Waals surface area (Å²) in [6.45, 7) is 11.3. The lowest BCUT2D eigenvalue weighted by molar-refractivity contribution is -0.191. The fraction of sp³-hybridized carbons (Fsp3) is 0.920. The number of nitrogens with one attached hydrogen (secondary N) is 1. The lowest BCUT2D eigenvalue weighted by atomic mass is 9.39. The maximum atomic E-state index is 13.1. The van der Waals surface area contributed by atoms with Crippen molar-refractivity contribution in [3.8, 4) is 0 Å². The van der Waals surface area contributed by atoms with E-state index in [4.69, 9.17) is 4.74 Å². The van der Waals surface area contributed by atoms with Crippen LogP contribution in [0.4, 0.5) is 0 Å². The Morgan fingerprint density at radius 2 is 1.77 bits per heavy atom. The molecule has 0 aromatic heterocycles. The highest BCUT2D eigenvalue weighted by atomic mass is 16.5. The second-order valence-electron chi connectivity index (χ2n) is 11.7. The van der Waals surface area contributed by atoms with Crippen molar-refractivity contribution in [2.45, 2.75) is 92.1 Å². The van der Waals surface area contributed by atoms with Crippen LogP contribution in [0.5, 0.6) is 0 Å². The molecule has 1 amide bonds. The Balaban J connectivity index is 1.71. The van der Waals surface area contributed by atoms with Crippen LogP contribution in [0.3, 0.4) is 0 Å². The number of aliphatic hydroxyl groups excluding tert-OH is 1. The minimum atomic E-state index is -0.407. The zero-order valence-electron chi connectivity index (χ0n) is 19.6.